The monoisotopic (exact) mass is 461 g/mol. The first-order valence-electron chi connectivity index (χ1n) is 11.0. The Labute approximate surface area is 198 Å². The van der Waals surface area contributed by atoms with Gasteiger partial charge in [-0.1, -0.05) is 19.1 Å². The van der Waals surface area contributed by atoms with Gasteiger partial charge in [0.05, 0.1) is 29.9 Å². The molecule has 3 N–H and O–H groups in total. The van der Waals surface area contributed by atoms with E-state index in [9.17, 15) is 14.4 Å². The number of hydrogen-bond donors (Lipinski definition) is 3. The molecule has 1 unspecified atom stereocenters. The summed E-state index contributed by atoms with van der Waals surface area (Å²) in [6.45, 7) is 6.15. The first-order chi connectivity index (χ1) is 16.4. The van der Waals surface area contributed by atoms with E-state index in [1.54, 1.807) is 67.3 Å². The average molecular weight is 462 g/mol. The van der Waals surface area contributed by atoms with E-state index in [4.69, 9.17) is 10.00 Å². The zero-order valence-electron chi connectivity index (χ0n) is 19.3. The fourth-order valence-electron chi connectivity index (χ4n) is 3.68. The zero-order chi connectivity index (χ0) is 24.7. The van der Waals surface area contributed by atoms with Crippen molar-refractivity contribution in [2.24, 2.45) is 0 Å². The van der Waals surface area contributed by atoms with E-state index < -0.39 is 18.0 Å². The molecule has 0 saturated heterocycles. The molecule has 2 aromatic rings. The Morgan fingerprint density at radius 2 is 1.65 bits per heavy atom. The second-order valence-corrected chi connectivity index (χ2v) is 7.64. The Morgan fingerprint density at radius 1 is 1.06 bits per heavy atom. The summed E-state index contributed by atoms with van der Waals surface area (Å²) in [6, 6.07) is 14.0. The van der Waals surface area contributed by atoms with Gasteiger partial charge in [-0.2, -0.15) is 5.26 Å². The van der Waals surface area contributed by atoms with Gasteiger partial charge in [-0.25, -0.2) is 14.4 Å². The molecule has 2 aromatic carbocycles. The molecule has 176 valence electrons. The van der Waals surface area contributed by atoms with E-state index in [0.717, 1.165) is 6.42 Å². The minimum atomic E-state index is -0.666. The van der Waals surface area contributed by atoms with Gasteiger partial charge in [-0.05, 0) is 62.2 Å². The maximum atomic E-state index is 12.7. The Balaban J connectivity index is 1.77. The molecule has 9 nitrogen and oxygen atoms in total. The highest BCUT2D eigenvalue weighted by atomic mass is 16.5. The highest BCUT2D eigenvalue weighted by molar-refractivity contribution is 6.00. The van der Waals surface area contributed by atoms with Crippen molar-refractivity contribution in [3.05, 3.63) is 70.9 Å². The third-order valence-electron chi connectivity index (χ3n) is 5.31. The van der Waals surface area contributed by atoms with Gasteiger partial charge in [0.25, 0.3) is 0 Å². The van der Waals surface area contributed by atoms with Crippen LogP contribution in [0.3, 0.4) is 0 Å². The number of carbonyl (C=O) groups is 3. The van der Waals surface area contributed by atoms with Crippen molar-refractivity contribution in [1.29, 1.82) is 5.26 Å². The predicted molar refractivity (Wildman–Crippen MR) is 128 cm³/mol. The van der Waals surface area contributed by atoms with Crippen molar-refractivity contribution in [3.8, 4) is 6.07 Å². The molecule has 1 heterocycles. The molecule has 9 heteroatoms. The molecule has 3 rings (SSSR count). The lowest BCUT2D eigenvalue weighted by atomic mass is 9.94. The number of rotatable bonds is 7. The van der Waals surface area contributed by atoms with Crippen LogP contribution in [0.4, 0.5) is 21.0 Å². The van der Waals surface area contributed by atoms with Crippen LogP contribution in [-0.2, 0) is 9.53 Å². The van der Waals surface area contributed by atoms with Gasteiger partial charge in [-0.15, -0.1) is 0 Å². The largest absolute Gasteiger partial charge is 0.463 e. The summed E-state index contributed by atoms with van der Waals surface area (Å²) in [5.41, 5.74) is 3.22. The number of nitrogens with one attached hydrogen (secondary N) is 3. The molecule has 0 aromatic heterocycles. The van der Waals surface area contributed by atoms with E-state index in [2.05, 4.69) is 16.0 Å². The van der Waals surface area contributed by atoms with Crippen LogP contribution in [0.25, 0.3) is 0 Å². The van der Waals surface area contributed by atoms with Gasteiger partial charge < -0.3 is 20.7 Å². The first-order valence-corrected chi connectivity index (χ1v) is 11.0. The van der Waals surface area contributed by atoms with Crippen LogP contribution >= 0.6 is 0 Å². The van der Waals surface area contributed by atoms with E-state index >= 15 is 0 Å². The average Bonchev–Trinajstić information content (AvgIpc) is 2.82. The van der Waals surface area contributed by atoms with Gasteiger partial charge in [0.1, 0.15) is 0 Å². The summed E-state index contributed by atoms with van der Waals surface area (Å²) < 4.78 is 5.25. The smallest absolute Gasteiger partial charge is 0.338 e. The second-order valence-electron chi connectivity index (χ2n) is 7.64. The number of hydrogen-bond acceptors (Lipinski definition) is 5. The van der Waals surface area contributed by atoms with E-state index in [1.165, 1.54) is 0 Å². The normalized spacial score (nSPS) is 15.3. The number of allylic oxidation sites excluding steroid dienone is 1. The third-order valence-corrected chi connectivity index (χ3v) is 5.31. The molecule has 0 saturated carbocycles. The minimum Gasteiger partial charge on any atom is -0.463 e. The molecule has 1 aliphatic heterocycles. The van der Waals surface area contributed by atoms with Crippen LogP contribution < -0.4 is 16.0 Å². The molecule has 1 atom stereocenters. The van der Waals surface area contributed by atoms with Crippen molar-refractivity contribution >= 4 is 29.4 Å². The molecule has 0 aliphatic carbocycles. The van der Waals surface area contributed by atoms with Crippen LogP contribution in [0.2, 0.25) is 0 Å². The van der Waals surface area contributed by atoms with Crippen molar-refractivity contribution < 1.29 is 19.1 Å². The molecule has 0 radical (unpaired) electrons. The topological polar surface area (TPSA) is 124 Å². The van der Waals surface area contributed by atoms with Crippen LogP contribution in [0.1, 0.15) is 44.4 Å². The number of nitriles is 1. The van der Waals surface area contributed by atoms with Gasteiger partial charge in [-0.3, -0.25) is 4.90 Å². The fourth-order valence-corrected chi connectivity index (χ4v) is 3.68. The number of esters is 1. The van der Waals surface area contributed by atoms with Gasteiger partial charge in [0.2, 0.25) is 0 Å². The number of carbonyl (C=O) groups excluding carboxylic acids is 3. The zero-order valence-corrected chi connectivity index (χ0v) is 19.3. The summed E-state index contributed by atoms with van der Waals surface area (Å²) in [5, 5.41) is 17.2. The Kier molecular flexibility index (Phi) is 7.88. The van der Waals surface area contributed by atoms with Crippen molar-refractivity contribution in [2.75, 3.05) is 23.8 Å². The lowest BCUT2D eigenvalue weighted by Crippen LogP contribution is -2.48. The van der Waals surface area contributed by atoms with E-state index in [1.807, 2.05) is 13.0 Å². The predicted octanol–water partition coefficient (Wildman–Crippen LogP) is 4.52. The molecule has 34 heavy (non-hydrogen) atoms. The van der Waals surface area contributed by atoms with E-state index in [-0.39, 0.29) is 12.6 Å². The van der Waals surface area contributed by atoms with Gasteiger partial charge in [0, 0.05) is 23.6 Å². The lowest BCUT2D eigenvalue weighted by Gasteiger charge is -2.35. The quantitative estimate of drug-likeness (QED) is 0.523. The first kappa shape index (κ1) is 24.3. The Bertz CT molecular complexity index is 1130. The maximum absolute atomic E-state index is 12.7. The molecule has 4 amide bonds. The summed E-state index contributed by atoms with van der Waals surface area (Å²) >= 11 is 0. The highest BCUT2D eigenvalue weighted by Crippen LogP contribution is 2.32. The van der Waals surface area contributed by atoms with Crippen molar-refractivity contribution in [3.63, 3.8) is 0 Å². The fraction of sp³-hybridized carbons (Fsp3) is 0.280. The van der Waals surface area contributed by atoms with Crippen molar-refractivity contribution in [1.82, 2.24) is 10.2 Å². The standard InChI is InChI=1S/C25H27N5O4/c1-4-14-30-16(3)21(23(31)34-5-2)22(29-25(30)33)18-8-12-20(13-9-18)28-24(32)27-19-10-6-17(15-26)7-11-19/h6-13,22H,4-5,14H2,1-3H3,(H,29,33)(H2,27,28,32). The summed E-state index contributed by atoms with van der Waals surface area (Å²) in [4.78, 5) is 39.3. The van der Waals surface area contributed by atoms with Crippen LogP contribution in [0.15, 0.2) is 59.8 Å². The third kappa shape index (κ3) is 5.53. The number of amides is 4. The molecular formula is C25H27N5O4. The molecule has 0 fully saturated rings. The summed E-state index contributed by atoms with van der Waals surface area (Å²) in [5.74, 6) is -0.477. The summed E-state index contributed by atoms with van der Waals surface area (Å²) in [7, 11) is 0. The number of benzene rings is 2. The number of nitrogens with zero attached hydrogens (tertiary/aromatic N) is 2. The minimum absolute atomic E-state index is 0.223. The van der Waals surface area contributed by atoms with Crippen LogP contribution in [0.5, 0.6) is 0 Å². The summed E-state index contributed by atoms with van der Waals surface area (Å²) in [6.07, 6.45) is 0.746. The van der Waals surface area contributed by atoms with E-state index in [0.29, 0.717) is 40.3 Å². The number of ether oxygens (including phenoxy) is 1. The molecule has 1 aliphatic rings. The van der Waals surface area contributed by atoms with Gasteiger partial charge >= 0.3 is 18.0 Å². The van der Waals surface area contributed by atoms with Crippen LogP contribution in [-0.4, -0.2) is 36.1 Å². The number of anilines is 2. The van der Waals surface area contributed by atoms with Crippen molar-refractivity contribution in [2.45, 2.75) is 33.2 Å². The second kappa shape index (κ2) is 11.0. The number of urea groups is 2. The van der Waals surface area contributed by atoms with Gasteiger partial charge in [0.15, 0.2) is 0 Å². The maximum Gasteiger partial charge on any atom is 0.338 e. The lowest BCUT2D eigenvalue weighted by molar-refractivity contribution is -0.139. The Hall–Kier alpha value is -4.32. The SMILES string of the molecule is CCCN1C(=O)NC(c2ccc(NC(=O)Nc3ccc(C#N)cc3)cc2)C(C(=O)OCC)=C1C. The Morgan fingerprint density at radius 3 is 2.18 bits per heavy atom. The molecule has 0 spiro atoms. The molecule has 0 bridgehead atoms. The van der Waals surface area contributed by atoms with Crippen LogP contribution in [0, 0.1) is 11.3 Å². The highest BCUT2D eigenvalue weighted by Gasteiger charge is 2.36. The molecular weight excluding hydrogens is 434 g/mol.